The fraction of sp³-hybridized carbons (Fsp3) is 0.263. The number of esters is 2. The van der Waals surface area contributed by atoms with E-state index in [0.717, 1.165) is 18.4 Å². The summed E-state index contributed by atoms with van der Waals surface area (Å²) in [6, 6.07) is 12.7. The van der Waals surface area contributed by atoms with E-state index in [2.05, 4.69) is 4.74 Å². The molecule has 0 aliphatic heterocycles. The fourth-order valence-electron chi connectivity index (χ4n) is 2.19. The number of nitrogens with two attached hydrogens (primary N) is 1. The Morgan fingerprint density at radius 2 is 1.88 bits per heavy atom. The van der Waals surface area contributed by atoms with Crippen molar-refractivity contribution in [3.8, 4) is 0 Å². The van der Waals surface area contributed by atoms with Crippen LogP contribution in [0, 0.1) is 6.92 Å². The van der Waals surface area contributed by atoms with Crippen molar-refractivity contribution in [3.63, 3.8) is 0 Å². The molecule has 1 aromatic carbocycles. The third kappa shape index (κ3) is 4.81. The van der Waals surface area contributed by atoms with Crippen LogP contribution in [0.1, 0.15) is 17.1 Å². The average molecular weight is 343 g/mol. The Balaban J connectivity index is 2.07. The van der Waals surface area contributed by atoms with Crippen LogP contribution >= 0.6 is 0 Å². The smallest absolute Gasteiger partial charge is 0.342 e. The summed E-state index contributed by atoms with van der Waals surface area (Å²) in [6.45, 7) is 1.84. The number of carbonyl (C=O) groups is 2. The summed E-state index contributed by atoms with van der Waals surface area (Å²) in [5, 5.41) is 0. The Morgan fingerprint density at radius 3 is 2.48 bits per heavy atom. The van der Waals surface area contributed by atoms with Crippen molar-refractivity contribution in [2.24, 2.45) is 5.73 Å². The molecule has 0 saturated heterocycles. The maximum absolute atomic E-state index is 12.4. The molecule has 0 spiro atoms. The van der Waals surface area contributed by atoms with Crippen LogP contribution in [0.5, 0.6) is 0 Å². The molecule has 6 nitrogen and oxygen atoms in total. The maximum atomic E-state index is 12.4. The monoisotopic (exact) mass is 343 g/mol. The zero-order chi connectivity index (χ0) is 18.3. The topological polar surface area (TPSA) is 91.8 Å². The number of rotatable bonds is 7. The van der Waals surface area contributed by atoms with Crippen LogP contribution in [0.15, 0.2) is 59.0 Å². The van der Waals surface area contributed by atoms with Crippen molar-refractivity contribution in [2.45, 2.75) is 25.5 Å². The number of aryl methyl sites for hydroxylation is 1. The van der Waals surface area contributed by atoms with Gasteiger partial charge in [-0.15, -0.1) is 0 Å². The first-order valence-electron chi connectivity index (χ1n) is 7.77. The molecule has 0 saturated carbocycles. The van der Waals surface area contributed by atoms with Crippen molar-refractivity contribution in [2.75, 3.05) is 7.11 Å². The lowest BCUT2D eigenvalue weighted by Gasteiger charge is -2.21. The van der Waals surface area contributed by atoms with Crippen LogP contribution in [0.4, 0.5) is 0 Å². The van der Waals surface area contributed by atoms with E-state index in [4.69, 9.17) is 14.9 Å². The Bertz CT molecular complexity index is 750. The summed E-state index contributed by atoms with van der Waals surface area (Å²) < 4.78 is 15.3. The number of benzene rings is 1. The van der Waals surface area contributed by atoms with Gasteiger partial charge in [0, 0.05) is 6.42 Å². The summed E-state index contributed by atoms with van der Waals surface area (Å²) in [5.41, 5.74) is 4.74. The van der Waals surface area contributed by atoms with E-state index in [1.54, 1.807) is 18.2 Å². The van der Waals surface area contributed by atoms with E-state index < -0.39 is 17.5 Å². The number of hydrogen-bond acceptors (Lipinski definition) is 6. The van der Waals surface area contributed by atoms with Crippen LogP contribution in [0.25, 0.3) is 0 Å². The van der Waals surface area contributed by atoms with Gasteiger partial charge in [0.2, 0.25) is 5.54 Å². The number of allylic oxidation sites excluding steroid dienone is 1. The molecule has 25 heavy (non-hydrogen) atoms. The molecule has 1 unspecified atom stereocenters. The third-order valence-corrected chi connectivity index (χ3v) is 3.57. The summed E-state index contributed by atoms with van der Waals surface area (Å²) in [4.78, 5) is 24.4. The highest BCUT2D eigenvalue weighted by molar-refractivity contribution is 6.07. The van der Waals surface area contributed by atoms with E-state index >= 15 is 0 Å². The van der Waals surface area contributed by atoms with Gasteiger partial charge in [-0.2, -0.15) is 0 Å². The summed E-state index contributed by atoms with van der Waals surface area (Å²) in [5.74, 6) is -0.302. The van der Waals surface area contributed by atoms with Gasteiger partial charge >= 0.3 is 11.9 Å². The van der Waals surface area contributed by atoms with Gasteiger partial charge in [-0.3, -0.25) is 0 Å². The quantitative estimate of drug-likeness (QED) is 0.471. The Labute approximate surface area is 146 Å². The largest absolute Gasteiger partial charge is 0.467 e. The summed E-state index contributed by atoms with van der Waals surface area (Å²) in [7, 11) is 1.16. The highest BCUT2D eigenvalue weighted by Gasteiger charge is 2.42. The lowest BCUT2D eigenvalue weighted by molar-refractivity contribution is -0.160. The molecular weight excluding hydrogens is 322 g/mol. The molecule has 0 aliphatic rings. The summed E-state index contributed by atoms with van der Waals surface area (Å²) in [6.07, 6.45) is 3.25. The van der Waals surface area contributed by atoms with Crippen LogP contribution in [0.3, 0.4) is 0 Å². The van der Waals surface area contributed by atoms with E-state index in [9.17, 15) is 9.59 Å². The average Bonchev–Trinajstić information content (AvgIpc) is 3.04. The van der Waals surface area contributed by atoms with Gasteiger partial charge in [0.15, 0.2) is 0 Å². The molecule has 132 valence electrons. The zero-order valence-corrected chi connectivity index (χ0v) is 14.2. The van der Waals surface area contributed by atoms with Gasteiger partial charge in [-0.1, -0.05) is 36.4 Å². The molecule has 1 aromatic heterocycles. The minimum atomic E-state index is -2.01. The fourth-order valence-corrected chi connectivity index (χ4v) is 2.19. The SMILES string of the molecule is COC(=O)C(N)(C=CCc1ccc(C)o1)C(=O)OCc1ccccc1. The van der Waals surface area contributed by atoms with Gasteiger partial charge in [0.1, 0.15) is 18.1 Å². The molecule has 0 fully saturated rings. The molecular formula is C19H21NO5. The van der Waals surface area contributed by atoms with Gasteiger partial charge in [-0.25, -0.2) is 9.59 Å². The second-order valence-corrected chi connectivity index (χ2v) is 5.54. The molecule has 0 bridgehead atoms. The normalized spacial score (nSPS) is 13.4. The second-order valence-electron chi connectivity index (χ2n) is 5.54. The number of furan rings is 1. The molecule has 0 radical (unpaired) electrons. The first kappa shape index (κ1) is 18.5. The zero-order valence-electron chi connectivity index (χ0n) is 14.2. The Kier molecular flexibility index (Phi) is 6.14. The van der Waals surface area contributed by atoms with Crippen molar-refractivity contribution in [3.05, 3.63) is 71.7 Å². The highest BCUT2D eigenvalue weighted by Crippen LogP contribution is 2.13. The van der Waals surface area contributed by atoms with Crippen LogP contribution in [-0.2, 0) is 32.1 Å². The van der Waals surface area contributed by atoms with Crippen LogP contribution < -0.4 is 5.73 Å². The van der Waals surface area contributed by atoms with Crippen molar-refractivity contribution < 1.29 is 23.5 Å². The van der Waals surface area contributed by atoms with Crippen molar-refractivity contribution >= 4 is 11.9 Å². The first-order valence-corrected chi connectivity index (χ1v) is 7.77. The predicted octanol–water partition coefficient (Wildman–Crippen LogP) is 2.30. The molecule has 2 aromatic rings. The molecule has 0 aliphatic carbocycles. The van der Waals surface area contributed by atoms with E-state index in [0.29, 0.717) is 12.2 Å². The van der Waals surface area contributed by atoms with Crippen molar-refractivity contribution in [1.29, 1.82) is 0 Å². The van der Waals surface area contributed by atoms with E-state index in [-0.39, 0.29) is 6.61 Å². The minimum absolute atomic E-state index is 0.0147. The number of ether oxygens (including phenoxy) is 2. The number of methoxy groups -OCH3 is 1. The highest BCUT2D eigenvalue weighted by atomic mass is 16.6. The van der Waals surface area contributed by atoms with Gasteiger partial charge in [0.25, 0.3) is 0 Å². The number of carbonyl (C=O) groups excluding carboxylic acids is 2. The van der Waals surface area contributed by atoms with Gasteiger partial charge < -0.3 is 19.6 Å². The number of hydrogen-bond donors (Lipinski definition) is 1. The maximum Gasteiger partial charge on any atom is 0.342 e. The lowest BCUT2D eigenvalue weighted by Crippen LogP contribution is -2.54. The molecule has 2 N–H and O–H groups in total. The minimum Gasteiger partial charge on any atom is -0.467 e. The standard InChI is InChI=1S/C19H21NO5/c1-14-10-11-16(25-14)9-6-12-19(20,17(21)23-2)18(22)24-13-15-7-4-3-5-8-15/h3-8,10-12H,9,13,20H2,1-2H3. The molecule has 1 atom stereocenters. The van der Waals surface area contributed by atoms with Gasteiger partial charge in [-0.05, 0) is 30.7 Å². The van der Waals surface area contributed by atoms with Crippen molar-refractivity contribution in [1.82, 2.24) is 0 Å². The molecule has 6 heteroatoms. The predicted molar refractivity (Wildman–Crippen MR) is 91.5 cm³/mol. The van der Waals surface area contributed by atoms with Gasteiger partial charge in [0.05, 0.1) is 7.11 Å². The molecule has 0 amide bonds. The summed E-state index contributed by atoms with van der Waals surface area (Å²) >= 11 is 0. The molecule has 1 heterocycles. The Morgan fingerprint density at radius 1 is 1.16 bits per heavy atom. The van der Waals surface area contributed by atoms with E-state index in [1.807, 2.05) is 37.3 Å². The first-order chi connectivity index (χ1) is 12.0. The molecule has 2 rings (SSSR count). The van der Waals surface area contributed by atoms with Crippen LogP contribution in [0.2, 0.25) is 0 Å². The Hall–Kier alpha value is -2.86. The lowest BCUT2D eigenvalue weighted by atomic mass is 10.00. The second kappa shape index (κ2) is 8.30. The van der Waals surface area contributed by atoms with E-state index in [1.165, 1.54) is 6.08 Å². The third-order valence-electron chi connectivity index (χ3n) is 3.57. The van der Waals surface area contributed by atoms with Crippen LogP contribution in [-0.4, -0.2) is 24.6 Å².